The Balaban J connectivity index is 1.81. The minimum absolute atomic E-state index is 0.117. The summed E-state index contributed by atoms with van der Waals surface area (Å²) in [6, 6.07) is 10.9. The molecular formula is C17H12FNO3. The molecule has 4 nitrogen and oxygen atoms in total. The predicted molar refractivity (Wildman–Crippen MR) is 77.5 cm³/mol. The maximum Gasteiger partial charge on any atom is 0.335 e. The van der Waals surface area contributed by atoms with Crippen LogP contribution in [0.25, 0.3) is 0 Å². The number of halogens is 1. The second-order valence-corrected chi connectivity index (χ2v) is 5.80. The zero-order chi connectivity index (χ0) is 15.5. The van der Waals surface area contributed by atoms with E-state index in [0.717, 1.165) is 5.56 Å². The summed E-state index contributed by atoms with van der Waals surface area (Å²) in [4.78, 5) is 23.6. The van der Waals surface area contributed by atoms with Gasteiger partial charge in [0.15, 0.2) is 0 Å². The van der Waals surface area contributed by atoms with Crippen LogP contribution in [-0.4, -0.2) is 17.0 Å². The van der Waals surface area contributed by atoms with Crippen molar-refractivity contribution in [2.45, 2.75) is 17.8 Å². The molecule has 0 bridgehead atoms. The van der Waals surface area contributed by atoms with Crippen molar-refractivity contribution in [2.24, 2.45) is 0 Å². The smallest absolute Gasteiger partial charge is 0.335 e. The largest absolute Gasteiger partial charge is 0.478 e. The standard InChI is InChI=1S/C17H12FNO3/c18-11-3-1-2-9(6-11)13-8-17(13)12-7-10(15(20)21)4-5-14(12)19-16(17)22/h1-7,13H,8H2,(H,19,22)(H,20,21)/t13-,17+/m1/s1. The van der Waals surface area contributed by atoms with Gasteiger partial charge in [-0.15, -0.1) is 0 Å². The Hall–Kier alpha value is -2.69. The number of carboxylic acids is 1. The van der Waals surface area contributed by atoms with Crippen molar-refractivity contribution in [3.8, 4) is 0 Å². The molecule has 0 aromatic heterocycles. The molecule has 1 fully saturated rings. The third-order valence-electron chi connectivity index (χ3n) is 4.61. The van der Waals surface area contributed by atoms with Gasteiger partial charge in [0.2, 0.25) is 5.91 Å². The van der Waals surface area contributed by atoms with Crippen molar-refractivity contribution in [3.63, 3.8) is 0 Å². The third-order valence-corrected chi connectivity index (χ3v) is 4.61. The van der Waals surface area contributed by atoms with Gasteiger partial charge in [0.1, 0.15) is 5.82 Å². The Morgan fingerprint density at radius 1 is 1.27 bits per heavy atom. The molecule has 1 aliphatic heterocycles. The molecule has 2 atom stereocenters. The fourth-order valence-corrected chi connectivity index (χ4v) is 3.45. The van der Waals surface area contributed by atoms with Crippen LogP contribution in [-0.2, 0) is 10.2 Å². The Morgan fingerprint density at radius 3 is 2.82 bits per heavy atom. The van der Waals surface area contributed by atoms with Crippen LogP contribution < -0.4 is 5.32 Å². The number of benzene rings is 2. The van der Waals surface area contributed by atoms with Crippen LogP contribution in [0, 0.1) is 5.82 Å². The summed E-state index contributed by atoms with van der Waals surface area (Å²) in [7, 11) is 0. The van der Waals surface area contributed by atoms with Crippen molar-refractivity contribution in [1.82, 2.24) is 0 Å². The summed E-state index contributed by atoms with van der Waals surface area (Å²) >= 11 is 0. The summed E-state index contributed by atoms with van der Waals surface area (Å²) in [6.45, 7) is 0. The number of hydrogen-bond donors (Lipinski definition) is 2. The number of anilines is 1. The molecule has 1 aliphatic carbocycles. The van der Waals surface area contributed by atoms with E-state index in [4.69, 9.17) is 5.11 Å². The molecule has 2 aromatic carbocycles. The van der Waals surface area contributed by atoms with Gasteiger partial charge < -0.3 is 10.4 Å². The topological polar surface area (TPSA) is 66.4 Å². The second-order valence-electron chi connectivity index (χ2n) is 5.80. The number of aromatic carboxylic acids is 1. The Kier molecular flexibility index (Phi) is 2.46. The van der Waals surface area contributed by atoms with Gasteiger partial charge in [-0.2, -0.15) is 0 Å². The van der Waals surface area contributed by atoms with Gasteiger partial charge >= 0.3 is 5.97 Å². The maximum absolute atomic E-state index is 13.4. The average Bonchev–Trinajstić information content (AvgIpc) is 3.17. The summed E-state index contributed by atoms with van der Waals surface area (Å²) in [6.07, 6.45) is 0.568. The molecule has 4 rings (SSSR count). The fraction of sp³-hybridized carbons (Fsp3) is 0.176. The molecule has 1 amide bonds. The normalized spacial score (nSPS) is 25.0. The Bertz CT molecular complexity index is 832. The predicted octanol–water partition coefficient (Wildman–Crippen LogP) is 2.90. The monoisotopic (exact) mass is 297 g/mol. The van der Waals surface area contributed by atoms with Crippen LogP contribution in [0.4, 0.5) is 10.1 Å². The Labute approximate surface area is 125 Å². The van der Waals surface area contributed by atoms with E-state index in [1.165, 1.54) is 18.2 Å². The first-order valence-corrected chi connectivity index (χ1v) is 6.97. The molecule has 0 saturated heterocycles. The van der Waals surface area contributed by atoms with Gasteiger partial charge in [-0.1, -0.05) is 12.1 Å². The summed E-state index contributed by atoms with van der Waals surface area (Å²) in [5.41, 5.74) is 1.51. The molecule has 110 valence electrons. The highest BCUT2D eigenvalue weighted by molar-refractivity contribution is 6.10. The van der Waals surface area contributed by atoms with Gasteiger partial charge in [0, 0.05) is 11.6 Å². The van der Waals surface area contributed by atoms with Crippen LogP contribution in [0.15, 0.2) is 42.5 Å². The average molecular weight is 297 g/mol. The van der Waals surface area contributed by atoms with Crippen LogP contribution in [0.2, 0.25) is 0 Å². The van der Waals surface area contributed by atoms with E-state index in [1.54, 1.807) is 24.3 Å². The molecular weight excluding hydrogens is 285 g/mol. The molecule has 1 heterocycles. The maximum atomic E-state index is 13.4. The lowest BCUT2D eigenvalue weighted by Gasteiger charge is -2.09. The molecule has 5 heteroatoms. The van der Waals surface area contributed by atoms with Gasteiger partial charge in [0.05, 0.1) is 11.0 Å². The minimum Gasteiger partial charge on any atom is -0.478 e. The summed E-state index contributed by atoms with van der Waals surface area (Å²) < 4.78 is 13.4. The van der Waals surface area contributed by atoms with Crippen LogP contribution in [0.3, 0.4) is 0 Å². The van der Waals surface area contributed by atoms with E-state index in [-0.39, 0.29) is 23.2 Å². The SMILES string of the molecule is O=C(O)c1ccc2c(c1)[C@]1(C[C@@H]1c1cccc(F)c1)C(=O)N2. The van der Waals surface area contributed by atoms with Crippen molar-refractivity contribution in [1.29, 1.82) is 0 Å². The molecule has 0 unspecified atom stereocenters. The Morgan fingerprint density at radius 2 is 2.09 bits per heavy atom. The molecule has 1 saturated carbocycles. The fourth-order valence-electron chi connectivity index (χ4n) is 3.45. The highest BCUT2D eigenvalue weighted by Gasteiger charge is 2.65. The van der Waals surface area contributed by atoms with Gasteiger partial charge in [0.25, 0.3) is 0 Å². The molecule has 2 N–H and O–H groups in total. The van der Waals surface area contributed by atoms with Gasteiger partial charge in [-0.3, -0.25) is 4.79 Å². The quantitative estimate of drug-likeness (QED) is 0.895. The van der Waals surface area contributed by atoms with Crippen molar-refractivity contribution < 1.29 is 19.1 Å². The number of nitrogens with one attached hydrogen (secondary N) is 1. The van der Waals surface area contributed by atoms with Crippen LogP contribution in [0.1, 0.15) is 33.8 Å². The number of amides is 1. The first-order valence-electron chi connectivity index (χ1n) is 6.97. The summed E-state index contributed by atoms with van der Waals surface area (Å²) in [5, 5.41) is 11.9. The number of hydrogen-bond acceptors (Lipinski definition) is 2. The molecule has 2 aliphatic rings. The lowest BCUT2D eigenvalue weighted by Crippen LogP contribution is -2.21. The third kappa shape index (κ3) is 1.62. The van der Waals surface area contributed by atoms with E-state index in [9.17, 15) is 14.0 Å². The van der Waals surface area contributed by atoms with E-state index < -0.39 is 11.4 Å². The number of carboxylic acid groups (broad SMARTS) is 1. The van der Waals surface area contributed by atoms with Crippen LogP contribution >= 0.6 is 0 Å². The van der Waals surface area contributed by atoms with Crippen LogP contribution in [0.5, 0.6) is 0 Å². The summed E-state index contributed by atoms with van der Waals surface area (Å²) in [5.74, 6) is -1.62. The number of rotatable bonds is 2. The molecule has 0 radical (unpaired) electrons. The second kappa shape index (κ2) is 4.16. The van der Waals surface area contributed by atoms with E-state index in [1.807, 2.05) is 0 Å². The number of carbonyl (C=O) groups is 2. The minimum atomic E-state index is -1.03. The molecule has 2 aromatic rings. The molecule has 22 heavy (non-hydrogen) atoms. The van der Waals surface area contributed by atoms with Crippen molar-refractivity contribution in [2.75, 3.05) is 5.32 Å². The van der Waals surface area contributed by atoms with Gasteiger partial charge in [-0.25, -0.2) is 9.18 Å². The lowest BCUT2D eigenvalue weighted by atomic mass is 9.91. The van der Waals surface area contributed by atoms with Crippen molar-refractivity contribution >= 4 is 17.6 Å². The van der Waals surface area contributed by atoms with E-state index >= 15 is 0 Å². The zero-order valence-corrected chi connectivity index (χ0v) is 11.5. The number of fused-ring (bicyclic) bond motifs is 2. The first kappa shape index (κ1) is 13.0. The lowest BCUT2D eigenvalue weighted by molar-refractivity contribution is -0.118. The van der Waals surface area contributed by atoms with Crippen molar-refractivity contribution in [3.05, 3.63) is 65.0 Å². The highest BCUT2D eigenvalue weighted by Crippen LogP contribution is 2.65. The van der Waals surface area contributed by atoms with Gasteiger partial charge in [-0.05, 0) is 47.9 Å². The van der Waals surface area contributed by atoms with E-state index in [0.29, 0.717) is 17.7 Å². The number of carbonyl (C=O) groups excluding carboxylic acids is 1. The zero-order valence-electron chi connectivity index (χ0n) is 11.5. The first-order chi connectivity index (χ1) is 10.5. The highest BCUT2D eigenvalue weighted by atomic mass is 19.1. The van der Waals surface area contributed by atoms with E-state index in [2.05, 4.69) is 5.32 Å². The molecule has 1 spiro atoms.